The maximum absolute atomic E-state index is 13.9. The highest BCUT2D eigenvalue weighted by atomic mass is 79.9. The molecule has 0 saturated heterocycles. The summed E-state index contributed by atoms with van der Waals surface area (Å²) in [5.74, 6) is 1.23. The molecule has 0 fully saturated rings. The van der Waals surface area contributed by atoms with Crippen LogP contribution >= 0.6 is 27.5 Å². The van der Waals surface area contributed by atoms with E-state index in [1.165, 1.54) is 18.0 Å². The fourth-order valence-electron chi connectivity index (χ4n) is 4.61. The van der Waals surface area contributed by atoms with Crippen molar-refractivity contribution in [1.82, 2.24) is 9.66 Å². The normalized spacial score (nSPS) is 11.5. The number of aryl methyl sites for hydroxylation is 1. The number of aromatic nitrogens is 2. The predicted molar refractivity (Wildman–Crippen MR) is 177 cm³/mol. The van der Waals surface area contributed by atoms with Crippen molar-refractivity contribution in [2.24, 2.45) is 5.10 Å². The van der Waals surface area contributed by atoms with Crippen LogP contribution in [0.1, 0.15) is 57.2 Å². The molecule has 0 aliphatic rings. The van der Waals surface area contributed by atoms with Crippen molar-refractivity contribution in [1.29, 1.82) is 0 Å². The van der Waals surface area contributed by atoms with E-state index in [4.69, 9.17) is 35.5 Å². The van der Waals surface area contributed by atoms with Crippen LogP contribution in [0.25, 0.3) is 22.3 Å². The van der Waals surface area contributed by atoms with Crippen LogP contribution in [0.15, 0.2) is 56.8 Å². The Kier molecular flexibility index (Phi) is 10.7. The minimum Gasteiger partial charge on any atom is -0.494 e. The number of carbonyl (C=O) groups is 1. The number of halogens is 2. The smallest absolute Gasteiger partial charge is 0.344 e. The number of methoxy groups -OCH3 is 1. The number of hydrogen-bond acceptors (Lipinski definition) is 8. The quantitative estimate of drug-likeness (QED) is 0.119. The van der Waals surface area contributed by atoms with Crippen molar-refractivity contribution >= 4 is 50.6 Å². The van der Waals surface area contributed by atoms with Crippen LogP contribution in [0.4, 0.5) is 0 Å². The third kappa shape index (κ3) is 7.08. The lowest BCUT2D eigenvalue weighted by Crippen LogP contribution is -2.21. The molecule has 0 aliphatic heterocycles. The van der Waals surface area contributed by atoms with Gasteiger partial charge in [-0.1, -0.05) is 37.6 Å². The highest BCUT2D eigenvalue weighted by Gasteiger charge is 2.21. The van der Waals surface area contributed by atoms with Crippen molar-refractivity contribution < 1.29 is 23.7 Å². The van der Waals surface area contributed by atoms with Crippen LogP contribution in [0.2, 0.25) is 5.02 Å². The van der Waals surface area contributed by atoms with Gasteiger partial charge in [-0.05, 0) is 91.0 Å². The third-order valence-electron chi connectivity index (χ3n) is 6.66. The first-order chi connectivity index (χ1) is 21.0. The molecule has 0 N–H and O–H groups in total. The number of benzene rings is 3. The Bertz CT molecular complexity index is 1780. The average molecular weight is 685 g/mol. The SMILES string of the molecule is CCOc1cc(C)c(-c2nc3ccccc3c(=O)n2N=Cc2cc(OC)c(OCC(=O)OC(C)C)c(Cl)c2Br)cc1C(C)C. The molecule has 0 unspecified atom stereocenters. The number of fused-ring (bicyclic) bond motifs is 1. The van der Waals surface area contributed by atoms with Crippen molar-refractivity contribution in [2.75, 3.05) is 20.3 Å². The Morgan fingerprint density at radius 3 is 2.50 bits per heavy atom. The highest BCUT2D eigenvalue weighted by Crippen LogP contribution is 2.42. The molecule has 0 spiro atoms. The molecule has 0 atom stereocenters. The van der Waals surface area contributed by atoms with E-state index in [-0.39, 0.29) is 40.7 Å². The zero-order chi connectivity index (χ0) is 32.1. The van der Waals surface area contributed by atoms with Crippen molar-refractivity contribution in [3.63, 3.8) is 0 Å². The van der Waals surface area contributed by atoms with E-state index in [2.05, 4.69) is 34.9 Å². The molecule has 1 heterocycles. The number of hydrogen-bond donors (Lipinski definition) is 0. The Morgan fingerprint density at radius 2 is 1.84 bits per heavy atom. The molecule has 9 nitrogen and oxygen atoms in total. The van der Waals surface area contributed by atoms with Crippen molar-refractivity contribution in [2.45, 2.75) is 53.6 Å². The molecule has 1 aromatic heterocycles. The van der Waals surface area contributed by atoms with Crippen LogP contribution in [0.5, 0.6) is 17.2 Å². The fraction of sp³-hybridized carbons (Fsp3) is 0.333. The van der Waals surface area contributed by atoms with Gasteiger partial charge in [0, 0.05) is 15.6 Å². The van der Waals surface area contributed by atoms with E-state index in [0.717, 1.165) is 22.4 Å². The first-order valence-corrected chi connectivity index (χ1v) is 15.4. The van der Waals surface area contributed by atoms with Gasteiger partial charge in [-0.3, -0.25) is 4.79 Å². The van der Waals surface area contributed by atoms with Gasteiger partial charge in [-0.15, -0.1) is 0 Å². The van der Waals surface area contributed by atoms with Crippen LogP contribution in [0.3, 0.4) is 0 Å². The predicted octanol–water partition coefficient (Wildman–Crippen LogP) is 7.53. The molecular formula is C33H35BrClN3O6. The van der Waals surface area contributed by atoms with Gasteiger partial charge in [0.2, 0.25) is 0 Å². The second-order valence-corrected chi connectivity index (χ2v) is 11.7. The Hall–Kier alpha value is -3.89. The molecule has 0 bridgehead atoms. The first-order valence-electron chi connectivity index (χ1n) is 14.2. The molecule has 0 radical (unpaired) electrons. The number of para-hydroxylation sites is 1. The minimum atomic E-state index is -0.541. The lowest BCUT2D eigenvalue weighted by molar-refractivity contribution is -0.149. The van der Waals surface area contributed by atoms with Crippen LogP contribution < -0.4 is 19.8 Å². The summed E-state index contributed by atoms with van der Waals surface area (Å²) in [4.78, 5) is 30.8. The number of carbonyl (C=O) groups excluding carboxylic acids is 1. The summed E-state index contributed by atoms with van der Waals surface area (Å²) in [6, 6.07) is 12.8. The third-order valence-corrected chi connectivity index (χ3v) is 8.11. The second-order valence-electron chi connectivity index (χ2n) is 10.6. The average Bonchev–Trinajstić information content (AvgIpc) is 2.97. The van der Waals surface area contributed by atoms with E-state index in [9.17, 15) is 9.59 Å². The molecule has 4 rings (SSSR count). The topological polar surface area (TPSA) is 101 Å². The van der Waals surface area contributed by atoms with Crippen molar-refractivity contribution in [3.8, 4) is 28.6 Å². The molecule has 3 aromatic carbocycles. The van der Waals surface area contributed by atoms with Gasteiger partial charge in [-0.2, -0.15) is 9.78 Å². The Morgan fingerprint density at radius 1 is 1.11 bits per heavy atom. The van der Waals surface area contributed by atoms with Crippen LogP contribution in [0, 0.1) is 6.92 Å². The maximum atomic E-state index is 13.9. The van der Waals surface area contributed by atoms with Crippen molar-refractivity contribution in [3.05, 3.63) is 79.0 Å². The summed E-state index contributed by atoms with van der Waals surface area (Å²) in [5, 5.41) is 5.20. The van der Waals surface area contributed by atoms with Gasteiger partial charge in [0.1, 0.15) is 10.8 Å². The molecular weight excluding hydrogens is 650 g/mol. The summed E-state index contributed by atoms with van der Waals surface area (Å²) >= 11 is 10.1. The van der Waals surface area contributed by atoms with E-state index >= 15 is 0 Å². The molecule has 0 aliphatic carbocycles. The number of nitrogens with zero attached hydrogens (tertiary/aromatic N) is 3. The van der Waals surface area contributed by atoms with Gasteiger partial charge < -0.3 is 18.9 Å². The lowest BCUT2D eigenvalue weighted by Gasteiger charge is -2.18. The van der Waals surface area contributed by atoms with E-state index in [1.807, 2.05) is 32.0 Å². The number of esters is 1. The van der Waals surface area contributed by atoms with Gasteiger partial charge in [0.15, 0.2) is 23.9 Å². The van der Waals surface area contributed by atoms with Gasteiger partial charge in [0.05, 0.1) is 36.9 Å². The fourth-order valence-corrected chi connectivity index (χ4v) is 5.26. The number of rotatable bonds is 11. The lowest BCUT2D eigenvalue weighted by atomic mass is 9.96. The highest BCUT2D eigenvalue weighted by molar-refractivity contribution is 9.10. The summed E-state index contributed by atoms with van der Waals surface area (Å²) in [6.45, 7) is 11.8. The van der Waals surface area contributed by atoms with E-state index < -0.39 is 5.97 Å². The monoisotopic (exact) mass is 683 g/mol. The standard InChI is InChI=1S/C33H35BrClN3O6/c1-8-42-26-13-20(6)24(15-23(26)18(2)3)32-37-25-12-10-9-11-22(25)33(40)38(32)36-16-21-14-27(41-7)31(30(35)29(21)34)43-17-28(39)44-19(4)5/h9-16,18-19H,8,17H2,1-7H3. The molecule has 11 heteroatoms. The zero-order valence-corrected chi connectivity index (χ0v) is 28.1. The summed E-state index contributed by atoms with van der Waals surface area (Å²) in [7, 11) is 1.46. The van der Waals surface area contributed by atoms with Gasteiger partial charge in [-0.25, -0.2) is 9.78 Å². The first kappa shape index (κ1) is 33.0. The van der Waals surface area contributed by atoms with Gasteiger partial charge >= 0.3 is 5.97 Å². The van der Waals surface area contributed by atoms with E-state index in [0.29, 0.717) is 33.4 Å². The second kappa shape index (κ2) is 14.3. The van der Waals surface area contributed by atoms with Gasteiger partial charge in [0.25, 0.3) is 5.56 Å². The molecule has 4 aromatic rings. The summed E-state index contributed by atoms with van der Waals surface area (Å²) in [6.07, 6.45) is 1.21. The largest absolute Gasteiger partial charge is 0.494 e. The molecule has 232 valence electrons. The summed E-state index contributed by atoms with van der Waals surface area (Å²) < 4.78 is 23.9. The zero-order valence-electron chi connectivity index (χ0n) is 25.7. The van der Waals surface area contributed by atoms with Crippen LogP contribution in [-0.4, -0.2) is 48.3 Å². The Balaban J connectivity index is 1.86. The van der Waals surface area contributed by atoms with E-state index in [1.54, 1.807) is 38.1 Å². The summed E-state index contributed by atoms with van der Waals surface area (Å²) in [5.41, 5.74) is 3.36. The molecule has 0 saturated carbocycles. The minimum absolute atomic E-state index is 0.162. The molecule has 44 heavy (non-hydrogen) atoms. The maximum Gasteiger partial charge on any atom is 0.344 e. The van der Waals surface area contributed by atoms with Crippen LogP contribution in [-0.2, 0) is 9.53 Å². The molecule has 0 amide bonds. The number of ether oxygens (including phenoxy) is 4. The Labute approximate surface area is 269 Å².